The molecule has 0 saturated carbocycles. The molecular formula is C23H28FN5O. The summed E-state index contributed by atoms with van der Waals surface area (Å²) in [7, 11) is 0. The second-order valence-electron chi connectivity index (χ2n) is 9.05. The van der Waals surface area contributed by atoms with Crippen molar-refractivity contribution < 1.29 is 9.18 Å². The molecular weight excluding hydrogens is 381 g/mol. The molecule has 0 aliphatic heterocycles. The van der Waals surface area contributed by atoms with Crippen LogP contribution in [0.2, 0.25) is 0 Å². The zero-order valence-electron chi connectivity index (χ0n) is 18.2. The number of carbonyl (C=O) groups is 1. The average Bonchev–Trinajstić information content (AvgIpc) is 3.18. The molecule has 0 radical (unpaired) electrons. The maximum atomic E-state index is 13.3. The molecule has 2 aromatic heterocycles. The molecule has 0 bridgehead atoms. The molecule has 6 nitrogen and oxygen atoms in total. The lowest BCUT2D eigenvalue weighted by molar-refractivity contribution is -0.122. The van der Waals surface area contributed by atoms with Gasteiger partial charge in [-0.3, -0.25) is 9.48 Å². The van der Waals surface area contributed by atoms with Crippen LogP contribution in [0.5, 0.6) is 0 Å². The Labute approximate surface area is 176 Å². The number of amides is 1. The van der Waals surface area contributed by atoms with Crippen LogP contribution >= 0.6 is 0 Å². The van der Waals surface area contributed by atoms with E-state index >= 15 is 0 Å². The summed E-state index contributed by atoms with van der Waals surface area (Å²) in [6.45, 7) is 10.5. The van der Waals surface area contributed by atoms with Crippen LogP contribution in [-0.2, 0) is 17.8 Å². The Morgan fingerprint density at radius 1 is 1.23 bits per heavy atom. The summed E-state index contributed by atoms with van der Waals surface area (Å²) in [6.07, 6.45) is 3.49. The van der Waals surface area contributed by atoms with Crippen molar-refractivity contribution >= 4 is 5.91 Å². The van der Waals surface area contributed by atoms with Crippen LogP contribution in [0.3, 0.4) is 0 Å². The first-order chi connectivity index (χ1) is 14.1. The fraction of sp³-hybridized carbons (Fsp3) is 0.435. The Hall–Kier alpha value is -2.96. The van der Waals surface area contributed by atoms with E-state index in [2.05, 4.69) is 29.4 Å². The third kappa shape index (κ3) is 3.76. The highest BCUT2D eigenvalue weighted by atomic mass is 19.1. The average molecular weight is 410 g/mol. The van der Waals surface area contributed by atoms with Gasteiger partial charge in [0, 0.05) is 11.3 Å². The third-order valence-electron chi connectivity index (χ3n) is 6.12. The molecule has 0 fully saturated rings. The quantitative estimate of drug-likeness (QED) is 0.709. The lowest BCUT2D eigenvalue weighted by Gasteiger charge is -2.36. The summed E-state index contributed by atoms with van der Waals surface area (Å²) in [6, 6.07) is 6.20. The topological polar surface area (TPSA) is 64.7 Å². The monoisotopic (exact) mass is 409 g/mol. The standard InChI is InChI=1S/C23H28FN5O/c1-14-15(2)27-28(16(14)3)13-22(30)26-20-10-23(4,5)11-21-19(20)12-25-29(21)18-8-6-17(24)7-9-18/h6-9,12,20H,10-11,13H2,1-5H3,(H,26,30). The molecule has 30 heavy (non-hydrogen) atoms. The number of halogens is 1. The third-order valence-corrected chi connectivity index (χ3v) is 6.12. The van der Waals surface area contributed by atoms with Crippen LogP contribution in [0, 0.1) is 32.0 Å². The van der Waals surface area contributed by atoms with Crippen molar-refractivity contribution in [3.63, 3.8) is 0 Å². The van der Waals surface area contributed by atoms with E-state index in [4.69, 9.17) is 0 Å². The zero-order valence-corrected chi connectivity index (χ0v) is 18.2. The molecule has 1 amide bonds. The van der Waals surface area contributed by atoms with Gasteiger partial charge in [0.05, 0.1) is 29.3 Å². The summed E-state index contributed by atoms with van der Waals surface area (Å²) in [5, 5.41) is 12.2. The number of fused-ring (bicyclic) bond motifs is 1. The molecule has 1 N–H and O–H groups in total. The molecule has 7 heteroatoms. The zero-order chi connectivity index (χ0) is 21.6. The van der Waals surface area contributed by atoms with E-state index in [9.17, 15) is 9.18 Å². The predicted octanol–water partition coefficient (Wildman–Crippen LogP) is 3.96. The van der Waals surface area contributed by atoms with Gasteiger partial charge in [0.1, 0.15) is 12.4 Å². The van der Waals surface area contributed by atoms with Crippen LogP contribution in [0.4, 0.5) is 4.39 Å². The second-order valence-corrected chi connectivity index (χ2v) is 9.05. The first-order valence-electron chi connectivity index (χ1n) is 10.3. The van der Waals surface area contributed by atoms with Crippen molar-refractivity contribution in [3.05, 3.63) is 64.5 Å². The number of aromatic nitrogens is 4. The number of rotatable bonds is 4. The first kappa shape index (κ1) is 20.3. The van der Waals surface area contributed by atoms with Gasteiger partial charge in [-0.2, -0.15) is 10.2 Å². The molecule has 158 valence electrons. The van der Waals surface area contributed by atoms with Gasteiger partial charge in [0.2, 0.25) is 5.91 Å². The van der Waals surface area contributed by atoms with Crippen LogP contribution in [-0.4, -0.2) is 25.5 Å². The summed E-state index contributed by atoms with van der Waals surface area (Å²) in [5.74, 6) is -0.339. The smallest absolute Gasteiger partial charge is 0.242 e. The van der Waals surface area contributed by atoms with E-state index in [1.54, 1.807) is 16.8 Å². The van der Waals surface area contributed by atoms with Gasteiger partial charge >= 0.3 is 0 Å². The minimum Gasteiger partial charge on any atom is -0.348 e. The Kier molecular flexibility index (Phi) is 5.00. The summed E-state index contributed by atoms with van der Waals surface area (Å²) in [4.78, 5) is 12.8. The Morgan fingerprint density at radius 3 is 2.57 bits per heavy atom. The van der Waals surface area contributed by atoms with E-state index in [1.807, 2.05) is 31.6 Å². The highest BCUT2D eigenvalue weighted by Gasteiger charge is 2.36. The number of hydrogen-bond acceptors (Lipinski definition) is 3. The van der Waals surface area contributed by atoms with Crippen LogP contribution in [0.1, 0.15) is 54.5 Å². The minimum atomic E-state index is -0.273. The number of nitrogens with one attached hydrogen (secondary N) is 1. The number of nitrogens with zero attached hydrogens (tertiary/aromatic N) is 4. The highest BCUT2D eigenvalue weighted by Crippen LogP contribution is 2.41. The molecule has 4 rings (SSSR count). The number of carbonyl (C=O) groups excluding carboxylic acids is 1. The van der Waals surface area contributed by atoms with Crippen LogP contribution in [0.15, 0.2) is 30.5 Å². The van der Waals surface area contributed by atoms with Crippen molar-refractivity contribution in [2.75, 3.05) is 0 Å². The number of hydrogen-bond donors (Lipinski definition) is 1. The SMILES string of the molecule is Cc1nn(CC(=O)NC2CC(C)(C)Cc3c2cnn3-c2ccc(F)cc2)c(C)c1C. The van der Waals surface area contributed by atoms with Crippen molar-refractivity contribution in [2.24, 2.45) is 5.41 Å². The predicted molar refractivity (Wildman–Crippen MR) is 113 cm³/mol. The number of aryl methyl sites for hydroxylation is 1. The number of benzene rings is 1. The maximum absolute atomic E-state index is 13.3. The van der Waals surface area contributed by atoms with Gasteiger partial charge in [-0.05, 0) is 68.9 Å². The first-order valence-corrected chi connectivity index (χ1v) is 10.3. The molecule has 0 saturated heterocycles. The van der Waals surface area contributed by atoms with Gasteiger partial charge in [-0.1, -0.05) is 13.8 Å². The van der Waals surface area contributed by atoms with E-state index in [0.29, 0.717) is 0 Å². The molecule has 2 heterocycles. The van der Waals surface area contributed by atoms with Crippen LogP contribution in [0.25, 0.3) is 5.69 Å². The summed E-state index contributed by atoms with van der Waals surface area (Å²) >= 11 is 0. The lowest BCUT2D eigenvalue weighted by atomic mass is 9.74. The van der Waals surface area contributed by atoms with Crippen molar-refractivity contribution in [1.82, 2.24) is 24.9 Å². The molecule has 0 spiro atoms. The molecule has 1 atom stereocenters. The maximum Gasteiger partial charge on any atom is 0.242 e. The van der Waals surface area contributed by atoms with Gasteiger partial charge < -0.3 is 5.32 Å². The fourth-order valence-electron chi connectivity index (χ4n) is 4.29. The Bertz CT molecular complexity index is 1090. The van der Waals surface area contributed by atoms with Gasteiger partial charge in [0.25, 0.3) is 0 Å². The van der Waals surface area contributed by atoms with E-state index in [-0.39, 0.29) is 29.7 Å². The Balaban J connectivity index is 1.60. The summed E-state index contributed by atoms with van der Waals surface area (Å²) < 4.78 is 17.0. The molecule has 1 aliphatic carbocycles. The van der Waals surface area contributed by atoms with Gasteiger partial charge in [-0.15, -0.1) is 0 Å². The fourth-order valence-corrected chi connectivity index (χ4v) is 4.29. The highest BCUT2D eigenvalue weighted by molar-refractivity contribution is 5.76. The molecule has 3 aromatic rings. The largest absolute Gasteiger partial charge is 0.348 e. The molecule has 1 unspecified atom stereocenters. The van der Waals surface area contributed by atoms with E-state index in [0.717, 1.165) is 46.7 Å². The van der Waals surface area contributed by atoms with Crippen molar-refractivity contribution in [3.8, 4) is 5.69 Å². The van der Waals surface area contributed by atoms with E-state index < -0.39 is 0 Å². The second kappa shape index (κ2) is 7.38. The van der Waals surface area contributed by atoms with Crippen molar-refractivity contribution in [1.29, 1.82) is 0 Å². The molecule has 1 aromatic carbocycles. The minimum absolute atomic E-state index is 0.00243. The van der Waals surface area contributed by atoms with E-state index in [1.165, 1.54) is 12.1 Å². The van der Waals surface area contributed by atoms with Gasteiger partial charge in [0.15, 0.2) is 0 Å². The van der Waals surface area contributed by atoms with Gasteiger partial charge in [-0.25, -0.2) is 9.07 Å². The van der Waals surface area contributed by atoms with Crippen LogP contribution < -0.4 is 5.32 Å². The molecule has 1 aliphatic rings. The lowest BCUT2D eigenvalue weighted by Crippen LogP contribution is -2.38. The summed E-state index contributed by atoms with van der Waals surface area (Å²) in [5.41, 5.74) is 5.97. The normalized spacial score (nSPS) is 17.6. The van der Waals surface area contributed by atoms with Crippen molar-refractivity contribution in [2.45, 2.75) is 60.0 Å². The Morgan fingerprint density at radius 2 is 1.93 bits per heavy atom.